The average molecular weight is 258 g/mol. The molecule has 0 amide bonds. The van der Waals surface area contributed by atoms with Crippen LogP contribution in [0.1, 0.15) is 11.4 Å². The van der Waals surface area contributed by atoms with E-state index in [1.54, 1.807) is 26.2 Å². The average Bonchev–Trinajstić information content (AvgIpc) is 2.65. The maximum atomic E-state index is 11.0. The van der Waals surface area contributed by atoms with Gasteiger partial charge in [-0.05, 0) is 25.1 Å². The highest BCUT2D eigenvalue weighted by molar-refractivity contribution is 5.61. The Kier molecular flexibility index (Phi) is 3.61. The summed E-state index contributed by atoms with van der Waals surface area (Å²) >= 11 is 0. The lowest BCUT2D eigenvalue weighted by atomic mass is 10.3. The van der Waals surface area contributed by atoms with Crippen LogP contribution in [-0.4, -0.2) is 14.7 Å². The first-order chi connectivity index (χ1) is 9.09. The van der Waals surface area contributed by atoms with Crippen molar-refractivity contribution in [2.75, 3.05) is 5.32 Å². The molecule has 1 aromatic carbocycles. The molecule has 0 aliphatic carbocycles. The highest BCUT2D eigenvalue weighted by Gasteiger charge is 2.21. The van der Waals surface area contributed by atoms with Crippen molar-refractivity contribution < 1.29 is 4.92 Å². The zero-order valence-electron chi connectivity index (χ0n) is 10.7. The van der Waals surface area contributed by atoms with Gasteiger partial charge in [0.25, 0.3) is 0 Å². The van der Waals surface area contributed by atoms with Crippen molar-refractivity contribution in [3.8, 4) is 0 Å². The Morgan fingerprint density at radius 1 is 1.37 bits per heavy atom. The van der Waals surface area contributed by atoms with E-state index in [0.29, 0.717) is 11.4 Å². The summed E-state index contributed by atoms with van der Waals surface area (Å²) in [5.74, 6) is 0. The van der Waals surface area contributed by atoms with Crippen LogP contribution in [-0.2, 0) is 7.05 Å². The molecular weight excluding hydrogens is 244 g/mol. The number of aromatic nitrogens is 2. The highest BCUT2D eigenvalue weighted by Crippen LogP contribution is 2.23. The summed E-state index contributed by atoms with van der Waals surface area (Å²) in [6, 6.07) is 9.56. The van der Waals surface area contributed by atoms with Gasteiger partial charge in [-0.25, -0.2) is 0 Å². The van der Waals surface area contributed by atoms with Crippen molar-refractivity contribution in [1.82, 2.24) is 9.78 Å². The zero-order valence-corrected chi connectivity index (χ0v) is 10.7. The summed E-state index contributed by atoms with van der Waals surface area (Å²) in [6.45, 7) is 1.63. The molecule has 98 valence electrons. The van der Waals surface area contributed by atoms with Gasteiger partial charge in [-0.3, -0.25) is 14.8 Å². The minimum Gasteiger partial charge on any atom is -0.362 e. The van der Waals surface area contributed by atoms with Crippen LogP contribution in [0.15, 0.2) is 36.5 Å². The number of hydrogen-bond acceptors (Lipinski definition) is 4. The second-order valence-electron chi connectivity index (χ2n) is 4.04. The number of rotatable bonds is 4. The van der Waals surface area contributed by atoms with Crippen LogP contribution in [0, 0.1) is 17.0 Å². The Bertz CT molecular complexity index is 617. The van der Waals surface area contributed by atoms with E-state index >= 15 is 0 Å². The minimum atomic E-state index is -0.412. The number of aryl methyl sites for hydroxylation is 2. The van der Waals surface area contributed by atoms with Crippen LogP contribution < -0.4 is 5.32 Å². The van der Waals surface area contributed by atoms with Gasteiger partial charge in [0.2, 0.25) is 0 Å². The molecule has 1 heterocycles. The van der Waals surface area contributed by atoms with Crippen molar-refractivity contribution >= 4 is 17.5 Å². The van der Waals surface area contributed by atoms with Gasteiger partial charge in [-0.15, -0.1) is 0 Å². The summed E-state index contributed by atoms with van der Waals surface area (Å²) in [5.41, 5.74) is 1.83. The van der Waals surface area contributed by atoms with E-state index in [0.717, 1.165) is 5.69 Å². The molecule has 6 nitrogen and oxygen atoms in total. The number of nitro groups is 1. The highest BCUT2D eigenvalue weighted by atomic mass is 16.6. The van der Waals surface area contributed by atoms with Gasteiger partial charge in [0, 0.05) is 18.9 Å². The molecule has 0 saturated carbocycles. The normalized spacial score (nSPS) is 10.8. The molecule has 0 spiro atoms. The molecule has 0 radical (unpaired) electrons. The van der Waals surface area contributed by atoms with Gasteiger partial charge >= 0.3 is 5.69 Å². The van der Waals surface area contributed by atoms with Gasteiger partial charge in [0.05, 0.1) is 4.92 Å². The molecule has 0 atom stereocenters. The molecule has 0 fully saturated rings. The SMILES string of the molecule is Cc1nn(C)c(/C=C/Nc2ccccc2)c1[N+](=O)[O-]. The molecular formula is C13H14N4O2. The van der Waals surface area contributed by atoms with Crippen molar-refractivity contribution in [2.45, 2.75) is 6.92 Å². The van der Waals surface area contributed by atoms with E-state index in [9.17, 15) is 10.1 Å². The first-order valence-corrected chi connectivity index (χ1v) is 5.75. The molecule has 2 aromatic rings. The number of nitrogens with one attached hydrogen (secondary N) is 1. The van der Waals surface area contributed by atoms with Gasteiger partial charge in [-0.2, -0.15) is 5.10 Å². The van der Waals surface area contributed by atoms with Gasteiger partial charge in [0.15, 0.2) is 0 Å². The van der Waals surface area contributed by atoms with E-state index in [1.165, 1.54) is 4.68 Å². The number of anilines is 1. The summed E-state index contributed by atoms with van der Waals surface area (Å²) in [4.78, 5) is 10.6. The number of benzene rings is 1. The van der Waals surface area contributed by atoms with Crippen LogP contribution in [0.2, 0.25) is 0 Å². The van der Waals surface area contributed by atoms with Crippen LogP contribution in [0.5, 0.6) is 0 Å². The van der Waals surface area contributed by atoms with Crippen LogP contribution in [0.25, 0.3) is 6.08 Å². The Hall–Kier alpha value is -2.63. The fourth-order valence-electron chi connectivity index (χ4n) is 1.83. The Balaban J connectivity index is 2.22. The number of nitrogens with zero attached hydrogens (tertiary/aromatic N) is 3. The topological polar surface area (TPSA) is 73.0 Å². The third kappa shape index (κ3) is 2.79. The van der Waals surface area contributed by atoms with Gasteiger partial charge < -0.3 is 5.32 Å². The number of hydrogen-bond donors (Lipinski definition) is 1. The third-order valence-corrected chi connectivity index (χ3v) is 2.68. The molecule has 2 rings (SSSR count). The van der Waals surface area contributed by atoms with Gasteiger partial charge in [0.1, 0.15) is 11.4 Å². The standard InChI is InChI=1S/C13H14N4O2/c1-10-13(17(18)19)12(16(2)15-10)8-9-14-11-6-4-3-5-7-11/h3-9,14H,1-2H3/b9-8+. The predicted octanol–water partition coefficient (Wildman–Crippen LogP) is 2.72. The summed E-state index contributed by atoms with van der Waals surface area (Å²) in [7, 11) is 1.68. The van der Waals surface area contributed by atoms with Crippen molar-refractivity contribution in [3.05, 3.63) is 58.0 Å². The molecule has 6 heteroatoms. The maximum absolute atomic E-state index is 11.0. The zero-order chi connectivity index (χ0) is 13.8. The fourth-order valence-corrected chi connectivity index (χ4v) is 1.83. The predicted molar refractivity (Wildman–Crippen MR) is 73.7 cm³/mol. The summed E-state index contributed by atoms with van der Waals surface area (Å²) in [6.07, 6.45) is 3.31. The quantitative estimate of drug-likeness (QED) is 0.676. The smallest absolute Gasteiger partial charge is 0.317 e. The van der Waals surface area contributed by atoms with Crippen LogP contribution in [0.3, 0.4) is 0 Å². The molecule has 0 aliphatic rings. The lowest BCUT2D eigenvalue weighted by molar-refractivity contribution is -0.385. The maximum Gasteiger partial charge on any atom is 0.317 e. The molecule has 0 saturated heterocycles. The van der Waals surface area contributed by atoms with E-state index in [1.807, 2.05) is 30.3 Å². The Morgan fingerprint density at radius 2 is 2.05 bits per heavy atom. The first-order valence-electron chi connectivity index (χ1n) is 5.75. The lowest BCUT2D eigenvalue weighted by Crippen LogP contribution is -1.96. The monoisotopic (exact) mass is 258 g/mol. The van der Waals surface area contributed by atoms with E-state index in [2.05, 4.69) is 10.4 Å². The molecule has 0 bridgehead atoms. The van der Waals surface area contributed by atoms with E-state index in [-0.39, 0.29) is 5.69 Å². The lowest BCUT2D eigenvalue weighted by Gasteiger charge is -1.99. The molecule has 0 aliphatic heterocycles. The first kappa shape index (κ1) is 12.8. The van der Waals surface area contributed by atoms with E-state index in [4.69, 9.17) is 0 Å². The second kappa shape index (κ2) is 5.34. The number of para-hydroxylation sites is 1. The minimum absolute atomic E-state index is 0.0358. The summed E-state index contributed by atoms with van der Waals surface area (Å²) in [5, 5.41) is 18.1. The Morgan fingerprint density at radius 3 is 2.68 bits per heavy atom. The molecule has 1 N–H and O–H groups in total. The van der Waals surface area contributed by atoms with Gasteiger partial charge in [-0.1, -0.05) is 18.2 Å². The largest absolute Gasteiger partial charge is 0.362 e. The molecule has 19 heavy (non-hydrogen) atoms. The fraction of sp³-hybridized carbons (Fsp3) is 0.154. The molecule has 0 unspecified atom stereocenters. The van der Waals surface area contributed by atoms with Crippen LogP contribution >= 0.6 is 0 Å². The molecule has 1 aromatic heterocycles. The Labute approximate surface area is 110 Å². The van der Waals surface area contributed by atoms with Crippen molar-refractivity contribution in [1.29, 1.82) is 0 Å². The van der Waals surface area contributed by atoms with Crippen LogP contribution in [0.4, 0.5) is 11.4 Å². The third-order valence-electron chi connectivity index (χ3n) is 2.68. The van der Waals surface area contributed by atoms with Crippen molar-refractivity contribution in [2.24, 2.45) is 7.05 Å². The summed E-state index contributed by atoms with van der Waals surface area (Å²) < 4.78 is 1.50. The van der Waals surface area contributed by atoms with E-state index < -0.39 is 4.92 Å². The van der Waals surface area contributed by atoms with Crippen molar-refractivity contribution in [3.63, 3.8) is 0 Å². The second-order valence-corrected chi connectivity index (χ2v) is 4.04.